The molecule has 3 aliphatic heterocycles. The third-order valence-electron chi connectivity index (χ3n) is 11.0. The van der Waals surface area contributed by atoms with Crippen molar-refractivity contribution in [1.29, 1.82) is 0 Å². The Balaban J connectivity index is 1.53. The van der Waals surface area contributed by atoms with E-state index in [9.17, 15) is 14.7 Å². The molecule has 0 radical (unpaired) electrons. The molecule has 2 aromatic rings. The number of thioether (sulfide) groups is 1. The SMILES string of the molecule is C=CCN(C(=O)C1N(CCCCCCO)C(=O)[C@@H]2[C@@H](C(=O)N(CC=C)c3ccc(OCC)cc3)[C@@]3(C)CCC12S3)c1ccc(N(CC)CC)cc1. The third kappa shape index (κ3) is 7.31. The minimum atomic E-state index is -0.742. The van der Waals surface area contributed by atoms with Gasteiger partial charge >= 0.3 is 0 Å². The van der Waals surface area contributed by atoms with E-state index in [1.165, 1.54) is 0 Å². The van der Waals surface area contributed by atoms with E-state index in [2.05, 4.69) is 38.8 Å². The molecule has 10 heteroatoms. The Morgan fingerprint density at radius 2 is 1.45 bits per heavy atom. The summed E-state index contributed by atoms with van der Waals surface area (Å²) in [6.07, 6.45) is 7.97. The number of benzene rings is 2. The van der Waals surface area contributed by atoms with Gasteiger partial charge in [0.05, 0.1) is 23.2 Å². The normalized spacial score (nSPS) is 24.7. The molecule has 51 heavy (non-hydrogen) atoms. The molecule has 3 saturated heterocycles. The zero-order chi connectivity index (χ0) is 36.8. The van der Waals surface area contributed by atoms with Crippen LogP contribution >= 0.6 is 11.8 Å². The van der Waals surface area contributed by atoms with Crippen molar-refractivity contribution in [3.8, 4) is 5.75 Å². The van der Waals surface area contributed by atoms with Gasteiger partial charge in [-0.05, 0) is 102 Å². The lowest BCUT2D eigenvalue weighted by Gasteiger charge is -2.38. The Hall–Kier alpha value is -3.76. The predicted molar refractivity (Wildman–Crippen MR) is 209 cm³/mol. The fourth-order valence-corrected chi connectivity index (χ4v) is 11.0. The number of nitrogens with zero attached hydrogens (tertiary/aromatic N) is 4. The van der Waals surface area contributed by atoms with E-state index in [0.29, 0.717) is 45.5 Å². The lowest BCUT2D eigenvalue weighted by atomic mass is 9.66. The van der Waals surface area contributed by atoms with E-state index >= 15 is 4.79 Å². The number of amides is 3. The monoisotopic (exact) mass is 716 g/mol. The van der Waals surface area contributed by atoms with Crippen molar-refractivity contribution < 1.29 is 24.2 Å². The second kappa shape index (κ2) is 16.7. The maximum atomic E-state index is 15.1. The first-order valence-electron chi connectivity index (χ1n) is 18.7. The standard InChI is InChI=1S/C41H56N4O5S/c1-7-26-43(32-20-22-33(23-21-32)50-11-5)37(47)34-35-38(48)45(28-14-12-13-15-29-46)36(41(35)25-24-40(34,6)51-41)39(49)44(27-8-2)31-18-16-30(17-19-31)42(9-3)10-4/h7-8,16-23,34-36,46H,1-2,9-15,24-29H2,3-6H3/t34-,35-,36?,40+,41?/m0/s1. The second-order valence-corrected chi connectivity index (χ2v) is 15.9. The molecule has 276 valence electrons. The molecule has 0 aromatic heterocycles. The molecule has 1 spiro atoms. The molecule has 5 atom stereocenters. The summed E-state index contributed by atoms with van der Waals surface area (Å²) in [6.45, 7) is 19.7. The van der Waals surface area contributed by atoms with Gasteiger partial charge < -0.3 is 29.4 Å². The minimum Gasteiger partial charge on any atom is -0.494 e. The second-order valence-electron chi connectivity index (χ2n) is 14.0. The Morgan fingerprint density at radius 1 is 0.882 bits per heavy atom. The van der Waals surface area contributed by atoms with E-state index in [1.807, 2.05) is 55.5 Å². The van der Waals surface area contributed by atoms with Crippen molar-refractivity contribution in [1.82, 2.24) is 4.90 Å². The maximum Gasteiger partial charge on any atom is 0.251 e. The Morgan fingerprint density at radius 3 is 2.02 bits per heavy atom. The highest BCUT2D eigenvalue weighted by molar-refractivity contribution is 8.02. The Labute approximate surface area is 308 Å². The topological polar surface area (TPSA) is 93.6 Å². The molecule has 3 heterocycles. The average Bonchev–Trinajstić information content (AvgIpc) is 3.70. The van der Waals surface area contributed by atoms with Gasteiger partial charge in [-0.2, -0.15) is 0 Å². The molecule has 9 nitrogen and oxygen atoms in total. The lowest BCUT2D eigenvalue weighted by molar-refractivity contribution is -0.139. The molecule has 0 aliphatic carbocycles. The fourth-order valence-electron chi connectivity index (χ4n) is 8.61. The summed E-state index contributed by atoms with van der Waals surface area (Å²) >= 11 is 1.69. The van der Waals surface area contributed by atoms with Crippen molar-refractivity contribution in [2.75, 3.05) is 60.6 Å². The number of anilines is 3. The Kier molecular flexibility index (Phi) is 12.6. The van der Waals surface area contributed by atoms with Crippen molar-refractivity contribution in [3.63, 3.8) is 0 Å². The van der Waals surface area contributed by atoms with Crippen LogP contribution in [-0.4, -0.2) is 89.2 Å². The number of aliphatic hydroxyl groups excluding tert-OH is 1. The molecule has 3 amide bonds. The summed E-state index contributed by atoms with van der Waals surface area (Å²) in [5, 5.41) is 9.34. The number of hydrogen-bond acceptors (Lipinski definition) is 7. The molecule has 1 N–H and O–H groups in total. The highest BCUT2D eigenvalue weighted by Gasteiger charge is 2.77. The van der Waals surface area contributed by atoms with Crippen LogP contribution < -0.4 is 19.4 Å². The Bertz CT molecular complexity index is 1550. The lowest BCUT2D eigenvalue weighted by Crippen LogP contribution is -2.55. The van der Waals surface area contributed by atoms with E-state index in [0.717, 1.165) is 55.2 Å². The van der Waals surface area contributed by atoms with Crippen LogP contribution in [-0.2, 0) is 14.4 Å². The van der Waals surface area contributed by atoms with Crippen molar-refractivity contribution in [2.45, 2.75) is 81.8 Å². The van der Waals surface area contributed by atoms with E-state index in [1.54, 1.807) is 38.6 Å². The molecule has 3 aliphatic rings. The van der Waals surface area contributed by atoms with Gasteiger partial charge in [0.25, 0.3) is 5.91 Å². The van der Waals surface area contributed by atoms with Gasteiger partial charge in [0.2, 0.25) is 11.8 Å². The summed E-state index contributed by atoms with van der Waals surface area (Å²) in [5.41, 5.74) is 2.57. The van der Waals surface area contributed by atoms with Crippen LogP contribution in [0.2, 0.25) is 0 Å². The zero-order valence-electron chi connectivity index (χ0n) is 30.9. The number of fused-ring (bicyclic) bond motifs is 1. The predicted octanol–water partition coefficient (Wildman–Crippen LogP) is 6.70. The number of hydrogen-bond donors (Lipinski definition) is 1. The smallest absolute Gasteiger partial charge is 0.251 e. The van der Waals surface area contributed by atoms with Crippen LogP contribution in [0.5, 0.6) is 5.75 Å². The van der Waals surface area contributed by atoms with Gasteiger partial charge in [-0.25, -0.2) is 0 Å². The van der Waals surface area contributed by atoms with Crippen molar-refractivity contribution in [3.05, 3.63) is 73.8 Å². The highest BCUT2D eigenvalue weighted by atomic mass is 32.2. The van der Waals surface area contributed by atoms with E-state index < -0.39 is 27.4 Å². The molecule has 3 fully saturated rings. The number of carbonyl (C=O) groups is 3. The van der Waals surface area contributed by atoms with Gasteiger partial charge in [0.15, 0.2) is 0 Å². The fraction of sp³-hybridized carbons (Fsp3) is 0.537. The van der Waals surface area contributed by atoms with E-state index in [4.69, 9.17) is 4.74 Å². The molecular weight excluding hydrogens is 661 g/mol. The molecule has 2 bridgehead atoms. The first-order chi connectivity index (χ1) is 24.6. The molecule has 0 saturated carbocycles. The average molecular weight is 717 g/mol. The highest BCUT2D eigenvalue weighted by Crippen LogP contribution is 2.71. The zero-order valence-corrected chi connectivity index (χ0v) is 31.7. The molecule has 2 unspecified atom stereocenters. The summed E-state index contributed by atoms with van der Waals surface area (Å²) < 4.78 is 4.39. The number of likely N-dealkylation sites (tertiary alicyclic amines) is 1. The largest absolute Gasteiger partial charge is 0.494 e. The number of aliphatic hydroxyl groups is 1. The molecule has 2 aromatic carbocycles. The first-order valence-corrected chi connectivity index (χ1v) is 19.5. The van der Waals surface area contributed by atoms with Crippen LogP contribution in [0.1, 0.15) is 66.2 Å². The van der Waals surface area contributed by atoms with E-state index in [-0.39, 0.29) is 24.3 Å². The summed E-state index contributed by atoms with van der Waals surface area (Å²) in [4.78, 5) is 52.4. The number of ether oxygens (including phenoxy) is 1. The first kappa shape index (κ1) is 38.5. The number of rotatable bonds is 19. The van der Waals surface area contributed by atoms with Crippen molar-refractivity contribution >= 4 is 46.5 Å². The summed E-state index contributed by atoms with van der Waals surface area (Å²) in [5.74, 6) is -0.860. The van der Waals surface area contributed by atoms with Crippen molar-refractivity contribution in [2.24, 2.45) is 11.8 Å². The molecular formula is C41H56N4O5S. The quantitative estimate of drug-likeness (QED) is 0.128. The van der Waals surface area contributed by atoms with Gasteiger partial charge in [-0.15, -0.1) is 24.9 Å². The van der Waals surface area contributed by atoms with Crippen LogP contribution in [0, 0.1) is 11.8 Å². The summed E-state index contributed by atoms with van der Waals surface area (Å²) in [6, 6.07) is 14.8. The number of carbonyl (C=O) groups excluding carboxylic acids is 3. The van der Waals surface area contributed by atoms with Gasteiger partial charge in [0, 0.05) is 61.1 Å². The summed E-state index contributed by atoms with van der Waals surface area (Å²) in [7, 11) is 0. The van der Waals surface area contributed by atoms with Crippen LogP contribution in [0.4, 0.5) is 17.1 Å². The third-order valence-corrected chi connectivity index (χ3v) is 13.0. The van der Waals surface area contributed by atoms with Crippen LogP contribution in [0.15, 0.2) is 73.8 Å². The van der Waals surface area contributed by atoms with Gasteiger partial charge in [0.1, 0.15) is 11.8 Å². The maximum absolute atomic E-state index is 15.1. The minimum absolute atomic E-state index is 0.106. The molecule has 5 rings (SSSR count). The number of unbranched alkanes of at least 4 members (excludes halogenated alkanes) is 3. The van der Waals surface area contributed by atoms with Crippen LogP contribution in [0.3, 0.4) is 0 Å². The van der Waals surface area contributed by atoms with Crippen LogP contribution in [0.25, 0.3) is 0 Å². The van der Waals surface area contributed by atoms with Gasteiger partial charge in [-0.1, -0.05) is 25.0 Å². The van der Waals surface area contributed by atoms with Gasteiger partial charge in [-0.3, -0.25) is 14.4 Å².